The summed E-state index contributed by atoms with van der Waals surface area (Å²) in [6.45, 7) is 3.66. The van der Waals surface area contributed by atoms with Crippen molar-refractivity contribution in [2.24, 2.45) is 5.92 Å². The van der Waals surface area contributed by atoms with Crippen molar-refractivity contribution >= 4 is 18.5 Å². The monoisotopic (exact) mass is 295 g/mol. The lowest BCUT2D eigenvalue weighted by molar-refractivity contribution is 0.0755. The van der Waals surface area contributed by atoms with Gasteiger partial charge in [-0.25, -0.2) is 4.39 Å². The van der Waals surface area contributed by atoms with E-state index in [4.69, 9.17) is 0 Å². The highest BCUT2D eigenvalue weighted by Crippen LogP contribution is 2.24. The molecule has 4 heteroatoms. The number of likely N-dealkylation sites (tertiary alicyclic amines) is 1. The summed E-state index contributed by atoms with van der Waals surface area (Å²) in [7, 11) is 0. The summed E-state index contributed by atoms with van der Waals surface area (Å²) in [4.78, 5) is 14.9. The molecular weight excluding hydrogens is 273 g/mol. The molecule has 1 amide bonds. The molecule has 1 heterocycles. The predicted octanol–water partition coefficient (Wildman–Crippen LogP) is 4.16. The van der Waals surface area contributed by atoms with E-state index in [2.05, 4.69) is 19.6 Å². The normalized spacial score (nSPS) is 19.8. The van der Waals surface area contributed by atoms with Crippen LogP contribution in [0.5, 0.6) is 0 Å². The molecule has 1 saturated heterocycles. The van der Waals surface area contributed by atoms with Crippen molar-refractivity contribution in [2.75, 3.05) is 13.1 Å². The molecule has 1 atom stereocenters. The number of amides is 1. The molecule has 0 bridgehead atoms. The van der Waals surface area contributed by atoms with Gasteiger partial charge < -0.3 is 4.90 Å². The molecule has 1 aromatic rings. The molecule has 1 aliphatic heterocycles. The molecule has 20 heavy (non-hydrogen) atoms. The topological polar surface area (TPSA) is 20.3 Å². The molecule has 1 unspecified atom stereocenters. The Labute approximate surface area is 125 Å². The van der Waals surface area contributed by atoms with Crippen LogP contribution >= 0.6 is 12.6 Å². The Hall–Kier alpha value is -1.03. The van der Waals surface area contributed by atoms with Crippen LogP contribution in [0.4, 0.5) is 4.39 Å². The molecule has 0 radical (unpaired) electrons. The highest BCUT2D eigenvalue weighted by atomic mass is 32.1. The Morgan fingerprint density at radius 1 is 1.40 bits per heavy atom. The van der Waals surface area contributed by atoms with E-state index in [0.29, 0.717) is 10.8 Å². The van der Waals surface area contributed by atoms with Gasteiger partial charge in [-0.05, 0) is 43.4 Å². The molecule has 1 aliphatic rings. The summed E-state index contributed by atoms with van der Waals surface area (Å²) in [5.41, 5.74) is 0.145. The van der Waals surface area contributed by atoms with Crippen LogP contribution in [-0.2, 0) is 0 Å². The fraction of sp³-hybridized carbons (Fsp3) is 0.562. The quantitative estimate of drug-likeness (QED) is 0.830. The van der Waals surface area contributed by atoms with E-state index in [9.17, 15) is 9.18 Å². The lowest BCUT2D eigenvalue weighted by Gasteiger charge is -2.21. The van der Waals surface area contributed by atoms with Gasteiger partial charge in [0.2, 0.25) is 0 Å². The number of carbonyl (C=O) groups excluding carboxylic acids is 1. The lowest BCUT2D eigenvalue weighted by Crippen LogP contribution is -2.32. The maximum atomic E-state index is 13.8. The fourth-order valence-corrected chi connectivity index (χ4v) is 3.12. The van der Waals surface area contributed by atoms with Gasteiger partial charge in [-0.2, -0.15) is 0 Å². The average molecular weight is 295 g/mol. The second kappa shape index (κ2) is 7.11. The SMILES string of the molecule is CCCC1CCCN(C(=O)c2cc(S)ccc2F)CC1. The first-order chi connectivity index (χ1) is 9.61. The van der Waals surface area contributed by atoms with Crippen LogP contribution in [0.3, 0.4) is 0 Å². The summed E-state index contributed by atoms with van der Waals surface area (Å²) in [5, 5.41) is 0. The summed E-state index contributed by atoms with van der Waals surface area (Å²) < 4.78 is 13.8. The second-order valence-electron chi connectivity index (χ2n) is 5.54. The number of hydrogen-bond acceptors (Lipinski definition) is 2. The largest absolute Gasteiger partial charge is 0.339 e. The molecule has 0 saturated carbocycles. The van der Waals surface area contributed by atoms with E-state index in [0.717, 1.165) is 25.9 Å². The molecule has 2 rings (SSSR count). The number of benzene rings is 1. The van der Waals surface area contributed by atoms with E-state index in [1.807, 2.05) is 0 Å². The Morgan fingerprint density at radius 2 is 2.20 bits per heavy atom. The van der Waals surface area contributed by atoms with E-state index in [1.165, 1.54) is 31.4 Å². The number of thiol groups is 1. The highest BCUT2D eigenvalue weighted by Gasteiger charge is 2.23. The standard InChI is InChI=1S/C16H22FNOS/c1-2-4-12-5-3-9-18(10-8-12)16(19)14-11-13(20)6-7-15(14)17/h6-7,11-12,20H,2-5,8-10H2,1H3. The van der Waals surface area contributed by atoms with Gasteiger partial charge in [-0.3, -0.25) is 4.79 Å². The molecule has 0 aromatic heterocycles. The first-order valence-electron chi connectivity index (χ1n) is 7.39. The van der Waals surface area contributed by atoms with Crippen molar-refractivity contribution in [2.45, 2.75) is 43.9 Å². The summed E-state index contributed by atoms with van der Waals surface area (Å²) in [5.74, 6) is 0.0524. The number of rotatable bonds is 3. The highest BCUT2D eigenvalue weighted by molar-refractivity contribution is 7.80. The van der Waals surface area contributed by atoms with Crippen LogP contribution in [-0.4, -0.2) is 23.9 Å². The third-order valence-corrected chi connectivity index (χ3v) is 4.29. The summed E-state index contributed by atoms with van der Waals surface area (Å²) >= 11 is 4.19. The van der Waals surface area contributed by atoms with Gasteiger partial charge in [-0.1, -0.05) is 19.8 Å². The maximum Gasteiger partial charge on any atom is 0.256 e. The average Bonchev–Trinajstić information content (AvgIpc) is 2.67. The first kappa shape index (κ1) is 15.4. The Bertz CT molecular complexity index is 478. The Balaban J connectivity index is 2.07. The van der Waals surface area contributed by atoms with E-state index in [1.54, 1.807) is 11.0 Å². The zero-order valence-electron chi connectivity index (χ0n) is 11.9. The van der Waals surface area contributed by atoms with E-state index in [-0.39, 0.29) is 11.5 Å². The minimum Gasteiger partial charge on any atom is -0.339 e. The van der Waals surface area contributed by atoms with Gasteiger partial charge in [0.05, 0.1) is 5.56 Å². The van der Waals surface area contributed by atoms with Gasteiger partial charge in [0.1, 0.15) is 5.82 Å². The zero-order valence-corrected chi connectivity index (χ0v) is 12.8. The van der Waals surface area contributed by atoms with Crippen LogP contribution in [0.2, 0.25) is 0 Å². The van der Waals surface area contributed by atoms with Gasteiger partial charge in [0.15, 0.2) is 0 Å². The molecule has 1 fully saturated rings. The molecule has 0 spiro atoms. The van der Waals surface area contributed by atoms with Crippen molar-refractivity contribution < 1.29 is 9.18 Å². The van der Waals surface area contributed by atoms with Crippen LogP contribution in [0.25, 0.3) is 0 Å². The number of halogens is 1. The predicted molar refractivity (Wildman–Crippen MR) is 81.8 cm³/mol. The van der Waals surface area contributed by atoms with Crippen LogP contribution in [0, 0.1) is 11.7 Å². The number of carbonyl (C=O) groups is 1. The van der Waals surface area contributed by atoms with Crippen molar-refractivity contribution in [3.8, 4) is 0 Å². The maximum absolute atomic E-state index is 13.8. The van der Waals surface area contributed by atoms with Crippen molar-refractivity contribution in [3.05, 3.63) is 29.6 Å². The second-order valence-corrected chi connectivity index (χ2v) is 6.06. The Kier molecular flexibility index (Phi) is 5.46. The minimum atomic E-state index is -0.456. The van der Waals surface area contributed by atoms with Crippen LogP contribution < -0.4 is 0 Å². The smallest absolute Gasteiger partial charge is 0.256 e. The molecule has 110 valence electrons. The van der Waals surface area contributed by atoms with E-state index >= 15 is 0 Å². The van der Waals surface area contributed by atoms with Gasteiger partial charge in [0.25, 0.3) is 5.91 Å². The minimum absolute atomic E-state index is 0.145. The third kappa shape index (κ3) is 3.75. The molecule has 0 aliphatic carbocycles. The first-order valence-corrected chi connectivity index (χ1v) is 7.84. The third-order valence-electron chi connectivity index (χ3n) is 4.01. The Morgan fingerprint density at radius 3 is 2.95 bits per heavy atom. The van der Waals surface area contributed by atoms with Crippen molar-refractivity contribution in [3.63, 3.8) is 0 Å². The van der Waals surface area contributed by atoms with Crippen molar-refractivity contribution in [1.82, 2.24) is 4.90 Å². The molecule has 0 N–H and O–H groups in total. The molecular formula is C16H22FNOS. The van der Waals surface area contributed by atoms with E-state index < -0.39 is 5.82 Å². The summed E-state index contributed by atoms with van der Waals surface area (Å²) in [6.07, 6.45) is 5.63. The zero-order chi connectivity index (χ0) is 14.5. The molecule has 1 aromatic carbocycles. The van der Waals surface area contributed by atoms with Crippen LogP contribution in [0.1, 0.15) is 49.4 Å². The van der Waals surface area contributed by atoms with Gasteiger partial charge in [0, 0.05) is 18.0 Å². The summed E-state index contributed by atoms with van der Waals surface area (Å²) in [6, 6.07) is 4.40. The number of hydrogen-bond donors (Lipinski definition) is 1. The number of nitrogens with zero attached hydrogens (tertiary/aromatic N) is 1. The van der Waals surface area contributed by atoms with Crippen LogP contribution in [0.15, 0.2) is 23.1 Å². The van der Waals surface area contributed by atoms with Gasteiger partial charge >= 0.3 is 0 Å². The molecule has 2 nitrogen and oxygen atoms in total. The van der Waals surface area contributed by atoms with Gasteiger partial charge in [-0.15, -0.1) is 12.6 Å². The fourth-order valence-electron chi connectivity index (χ4n) is 2.91. The van der Waals surface area contributed by atoms with Crippen molar-refractivity contribution in [1.29, 1.82) is 0 Å². The lowest BCUT2D eigenvalue weighted by atomic mass is 9.96.